The number of hydrogen-bond donors (Lipinski definition) is 0. The first kappa shape index (κ1) is 8.61. The van der Waals surface area contributed by atoms with Crippen LogP contribution in [0.1, 0.15) is 0 Å². The van der Waals surface area contributed by atoms with E-state index in [9.17, 15) is 0 Å². The molecule has 0 radical (unpaired) electrons. The molecule has 0 aromatic carbocycles. The van der Waals surface area contributed by atoms with E-state index in [0.29, 0.717) is 0 Å². The Bertz CT molecular complexity index is 595. The van der Waals surface area contributed by atoms with Gasteiger partial charge in [-0.15, -0.1) is 11.3 Å². The molecule has 0 aliphatic heterocycles. The number of aryl methyl sites for hydroxylation is 1. The lowest BCUT2D eigenvalue weighted by molar-refractivity contribution is 0.797. The second-order valence-electron chi connectivity index (χ2n) is 3.37. The van der Waals surface area contributed by atoms with Crippen LogP contribution in [0, 0.1) is 0 Å². The summed E-state index contributed by atoms with van der Waals surface area (Å²) < 4.78 is 1.85. The number of thiophene rings is 1. The van der Waals surface area contributed by atoms with Gasteiger partial charge >= 0.3 is 0 Å². The van der Waals surface area contributed by atoms with Crippen molar-refractivity contribution in [2.45, 2.75) is 0 Å². The van der Waals surface area contributed by atoms with Gasteiger partial charge in [-0.2, -0.15) is 5.10 Å². The van der Waals surface area contributed by atoms with Crippen LogP contribution in [0.25, 0.3) is 21.5 Å². The summed E-state index contributed by atoms with van der Waals surface area (Å²) in [5, 5.41) is 6.25. The molecule has 4 heteroatoms. The topological polar surface area (TPSA) is 30.7 Å². The van der Waals surface area contributed by atoms with E-state index < -0.39 is 0 Å². The van der Waals surface area contributed by atoms with Crippen LogP contribution in [-0.4, -0.2) is 14.8 Å². The first-order valence-electron chi connectivity index (χ1n) is 4.66. The van der Waals surface area contributed by atoms with Crippen LogP contribution in [-0.2, 0) is 7.05 Å². The lowest BCUT2D eigenvalue weighted by Gasteiger charge is -1.98. The van der Waals surface area contributed by atoms with Crippen LogP contribution in [0.2, 0.25) is 0 Å². The van der Waals surface area contributed by atoms with Crippen molar-refractivity contribution in [3.05, 3.63) is 36.0 Å². The Hall–Kier alpha value is -1.68. The lowest BCUT2D eigenvalue weighted by atomic mass is 10.2. The summed E-state index contributed by atoms with van der Waals surface area (Å²) in [7, 11) is 1.93. The van der Waals surface area contributed by atoms with E-state index in [1.165, 1.54) is 4.88 Å². The Balaban J connectivity index is 2.25. The maximum absolute atomic E-state index is 4.38. The molecule has 3 aromatic rings. The van der Waals surface area contributed by atoms with E-state index in [-0.39, 0.29) is 0 Å². The molecule has 0 saturated heterocycles. The fourth-order valence-electron chi connectivity index (χ4n) is 1.60. The third-order valence-electron chi connectivity index (χ3n) is 2.40. The molecule has 0 saturated carbocycles. The summed E-state index contributed by atoms with van der Waals surface area (Å²) in [4.78, 5) is 5.62. The predicted molar refractivity (Wildman–Crippen MR) is 61.8 cm³/mol. The number of pyridine rings is 1. The Morgan fingerprint density at radius 1 is 1.33 bits per heavy atom. The quantitative estimate of drug-likeness (QED) is 0.625. The van der Waals surface area contributed by atoms with Gasteiger partial charge in [0.1, 0.15) is 5.52 Å². The highest BCUT2D eigenvalue weighted by molar-refractivity contribution is 7.13. The third-order valence-corrected chi connectivity index (χ3v) is 3.32. The first-order valence-corrected chi connectivity index (χ1v) is 5.54. The van der Waals surface area contributed by atoms with Crippen molar-refractivity contribution in [1.29, 1.82) is 0 Å². The summed E-state index contributed by atoms with van der Waals surface area (Å²) in [6.07, 6.45) is 3.68. The van der Waals surface area contributed by atoms with E-state index in [2.05, 4.69) is 27.6 Å². The fourth-order valence-corrected chi connectivity index (χ4v) is 2.31. The van der Waals surface area contributed by atoms with Crippen LogP contribution in [0.15, 0.2) is 36.0 Å². The molecular weight excluding hydrogens is 206 g/mol. The van der Waals surface area contributed by atoms with Gasteiger partial charge in [0.15, 0.2) is 0 Å². The lowest BCUT2D eigenvalue weighted by Crippen LogP contribution is -1.89. The summed E-state index contributed by atoms with van der Waals surface area (Å²) >= 11 is 1.72. The number of rotatable bonds is 1. The minimum absolute atomic E-state index is 0.942. The SMILES string of the molecule is Cn1ncc2ncc(-c3cccs3)cc21. The predicted octanol–water partition coefficient (Wildman–Crippen LogP) is 2.70. The zero-order chi connectivity index (χ0) is 10.3. The highest BCUT2D eigenvalue weighted by Crippen LogP contribution is 2.26. The summed E-state index contributed by atoms with van der Waals surface area (Å²) in [6, 6.07) is 6.28. The van der Waals surface area contributed by atoms with Gasteiger partial charge in [-0.05, 0) is 17.5 Å². The van der Waals surface area contributed by atoms with Gasteiger partial charge in [-0.1, -0.05) is 6.07 Å². The van der Waals surface area contributed by atoms with Gasteiger partial charge in [0.2, 0.25) is 0 Å². The number of nitrogens with zero attached hydrogens (tertiary/aromatic N) is 3. The van der Waals surface area contributed by atoms with E-state index in [1.807, 2.05) is 24.0 Å². The number of hydrogen-bond acceptors (Lipinski definition) is 3. The van der Waals surface area contributed by atoms with Crippen LogP contribution in [0.4, 0.5) is 0 Å². The first-order chi connectivity index (χ1) is 7.34. The average molecular weight is 215 g/mol. The van der Waals surface area contributed by atoms with Crippen molar-refractivity contribution in [1.82, 2.24) is 14.8 Å². The minimum Gasteiger partial charge on any atom is -0.266 e. The van der Waals surface area contributed by atoms with Crippen molar-refractivity contribution in [3.8, 4) is 10.4 Å². The Kier molecular flexibility index (Phi) is 1.82. The van der Waals surface area contributed by atoms with Gasteiger partial charge in [-0.3, -0.25) is 9.67 Å². The third kappa shape index (κ3) is 1.34. The summed E-state index contributed by atoms with van der Waals surface area (Å²) in [5.74, 6) is 0. The summed E-state index contributed by atoms with van der Waals surface area (Å²) in [5.41, 5.74) is 3.17. The molecular formula is C11H9N3S. The molecule has 0 amide bonds. The second kappa shape index (κ2) is 3.17. The van der Waals surface area contributed by atoms with E-state index >= 15 is 0 Å². The molecule has 0 atom stereocenters. The smallest absolute Gasteiger partial charge is 0.108 e. The molecule has 0 bridgehead atoms. The zero-order valence-electron chi connectivity index (χ0n) is 8.21. The monoisotopic (exact) mass is 215 g/mol. The molecule has 0 fully saturated rings. The van der Waals surface area contributed by atoms with Crippen molar-refractivity contribution in [2.24, 2.45) is 7.05 Å². The Labute approximate surface area is 91.0 Å². The number of fused-ring (bicyclic) bond motifs is 1. The molecule has 3 nitrogen and oxygen atoms in total. The van der Waals surface area contributed by atoms with Gasteiger partial charge in [0.25, 0.3) is 0 Å². The molecule has 3 heterocycles. The Morgan fingerprint density at radius 2 is 2.27 bits per heavy atom. The van der Waals surface area contributed by atoms with E-state index in [0.717, 1.165) is 16.6 Å². The maximum atomic E-state index is 4.38. The molecule has 0 aliphatic carbocycles. The van der Waals surface area contributed by atoms with Gasteiger partial charge in [0, 0.05) is 23.7 Å². The molecule has 0 unspecified atom stereocenters. The second-order valence-corrected chi connectivity index (χ2v) is 4.32. The van der Waals surface area contributed by atoms with Crippen LogP contribution < -0.4 is 0 Å². The van der Waals surface area contributed by atoms with Crippen LogP contribution in [0.5, 0.6) is 0 Å². The van der Waals surface area contributed by atoms with E-state index in [1.54, 1.807) is 17.5 Å². The Morgan fingerprint density at radius 3 is 3.07 bits per heavy atom. The molecule has 3 rings (SSSR count). The molecule has 74 valence electrons. The van der Waals surface area contributed by atoms with Crippen molar-refractivity contribution < 1.29 is 0 Å². The van der Waals surface area contributed by atoms with Gasteiger partial charge in [-0.25, -0.2) is 0 Å². The van der Waals surface area contributed by atoms with Crippen molar-refractivity contribution in [2.75, 3.05) is 0 Å². The number of aromatic nitrogens is 3. The minimum atomic E-state index is 0.942. The fraction of sp³-hybridized carbons (Fsp3) is 0.0909. The summed E-state index contributed by atoms with van der Waals surface area (Å²) in [6.45, 7) is 0. The highest BCUT2D eigenvalue weighted by atomic mass is 32.1. The average Bonchev–Trinajstić information content (AvgIpc) is 2.88. The molecule has 15 heavy (non-hydrogen) atoms. The van der Waals surface area contributed by atoms with Crippen LogP contribution in [0.3, 0.4) is 0 Å². The van der Waals surface area contributed by atoms with Gasteiger partial charge < -0.3 is 0 Å². The van der Waals surface area contributed by atoms with Crippen molar-refractivity contribution >= 4 is 22.4 Å². The van der Waals surface area contributed by atoms with Crippen LogP contribution >= 0.6 is 11.3 Å². The maximum Gasteiger partial charge on any atom is 0.108 e. The van der Waals surface area contributed by atoms with Gasteiger partial charge in [0.05, 0.1) is 11.7 Å². The highest BCUT2D eigenvalue weighted by Gasteiger charge is 2.04. The molecule has 0 aliphatic rings. The van der Waals surface area contributed by atoms with E-state index in [4.69, 9.17) is 0 Å². The normalized spacial score (nSPS) is 11.0. The standard InChI is InChI=1S/C11H9N3S/c1-14-10-5-8(11-3-2-4-15-11)6-12-9(10)7-13-14/h2-7H,1H3. The zero-order valence-corrected chi connectivity index (χ0v) is 9.03. The largest absolute Gasteiger partial charge is 0.266 e. The molecule has 0 N–H and O–H groups in total. The molecule has 0 spiro atoms. The molecule has 3 aromatic heterocycles. The van der Waals surface area contributed by atoms with Crippen molar-refractivity contribution in [3.63, 3.8) is 0 Å².